The highest BCUT2D eigenvalue weighted by molar-refractivity contribution is 7.99. The van der Waals surface area contributed by atoms with E-state index in [-0.39, 0.29) is 5.75 Å². The minimum absolute atomic E-state index is 0.123. The second-order valence-electron chi connectivity index (χ2n) is 6.80. The van der Waals surface area contributed by atoms with Crippen LogP contribution in [-0.4, -0.2) is 34.8 Å². The number of thioether (sulfide) groups is 1. The number of ether oxygens (including phenoxy) is 3. The first-order valence-electron chi connectivity index (χ1n) is 10.1. The Kier molecular flexibility index (Phi) is 6.27. The van der Waals surface area contributed by atoms with E-state index >= 15 is 0 Å². The quantitative estimate of drug-likeness (QED) is 0.326. The third-order valence-corrected chi connectivity index (χ3v) is 5.67. The van der Waals surface area contributed by atoms with Crippen molar-refractivity contribution in [1.82, 2.24) is 9.97 Å². The van der Waals surface area contributed by atoms with Crippen LogP contribution in [0, 0.1) is 0 Å². The molecule has 0 radical (unpaired) electrons. The number of benzene rings is 2. The topological polar surface area (TPSA) is 96.6 Å². The van der Waals surface area contributed by atoms with Gasteiger partial charge in [-0.3, -0.25) is 4.79 Å². The molecule has 0 saturated carbocycles. The molecule has 2 N–H and O–H groups in total. The Morgan fingerprint density at radius 2 is 1.87 bits per heavy atom. The number of carbonyl (C=O) groups excluding carboxylic acids is 1. The average molecular weight is 438 g/mol. The molecule has 0 fully saturated rings. The van der Waals surface area contributed by atoms with Crippen molar-refractivity contribution in [3.8, 4) is 34.5 Å². The van der Waals surface area contributed by atoms with Crippen LogP contribution < -0.4 is 19.9 Å². The van der Waals surface area contributed by atoms with E-state index in [0.29, 0.717) is 47.9 Å². The third-order valence-electron chi connectivity index (χ3n) is 4.63. The molecule has 0 spiro atoms. The maximum absolute atomic E-state index is 11.4. The fourth-order valence-corrected chi connectivity index (χ4v) is 4.07. The summed E-state index contributed by atoms with van der Waals surface area (Å²) >= 11 is 1.29. The summed E-state index contributed by atoms with van der Waals surface area (Å²) < 4.78 is 17.4. The van der Waals surface area contributed by atoms with Gasteiger partial charge in [0.15, 0.2) is 17.3 Å². The number of amides is 1. The molecule has 160 valence electrons. The molecule has 7 nitrogen and oxygen atoms in total. The summed E-state index contributed by atoms with van der Waals surface area (Å²) in [6.07, 6.45) is 0.580. The third kappa shape index (κ3) is 4.59. The Labute approximate surface area is 184 Å². The molecule has 1 aromatic heterocycles. The predicted octanol–water partition coefficient (Wildman–Crippen LogP) is 4.21. The maximum Gasteiger partial charge on any atom is 0.227 e. The van der Waals surface area contributed by atoms with E-state index in [4.69, 9.17) is 24.9 Å². The van der Waals surface area contributed by atoms with Crippen molar-refractivity contribution >= 4 is 17.7 Å². The van der Waals surface area contributed by atoms with Gasteiger partial charge < -0.3 is 19.9 Å². The van der Waals surface area contributed by atoms with E-state index in [1.807, 2.05) is 56.3 Å². The summed E-state index contributed by atoms with van der Waals surface area (Å²) in [4.78, 5) is 20.8. The van der Waals surface area contributed by atoms with Crippen LogP contribution >= 0.6 is 11.8 Å². The van der Waals surface area contributed by atoms with Gasteiger partial charge in [-0.2, -0.15) is 4.98 Å². The van der Waals surface area contributed by atoms with Gasteiger partial charge in [-0.05, 0) is 44.2 Å². The average Bonchev–Trinajstić information content (AvgIpc) is 2.77. The van der Waals surface area contributed by atoms with Crippen molar-refractivity contribution in [3.63, 3.8) is 0 Å². The van der Waals surface area contributed by atoms with Gasteiger partial charge in [0.25, 0.3) is 0 Å². The summed E-state index contributed by atoms with van der Waals surface area (Å²) in [5, 5.41) is 0.681. The van der Waals surface area contributed by atoms with Gasteiger partial charge in [0.2, 0.25) is 11.8 Å². The van der Waals surface area contributed by atoms with Gasteiger partial charge in [-0.1, -0.05) is 23.9 Å². The molecule has 2 aromatic carbocycles. The minimum Gasteiger partial charge on any atom is -0.494 e. The molecule has 0 saturated heterocycles. The van der Waals surface area contributed by atoms with E-state index in [1.54, 1.807) is 0 Å². The van der Waals surface area contributed by atoms with Crippen LogP contribution in [0.3, 0.4) is 0 Å². The number of carbonyl (C=O) groups is 1. The molecule has 0 aliphatic carbocycles. The van der Waals surface area contributed by atoms with Crippen LogP contribution in [0.15, 0.2) is 47.5 Å². The van der Waals surface area contributed by atoms with Crippen LogP contribution in [0.25, 0.3) is 11.4 Å². The van der Waals surface area contributed by atoms with Crippen LogP contribution in [0.4, 0.5) is 0 Å². The first kappa shape index (κ1) is 21.0. The number of aromatic nitrogens is 2. The second-order valence-corrected chi connectivity index (χ2v) is 7.77. The zero-order chi connectivity index (χ0) is 21.8. The van der Waals surface area contributed by atoms with Crippen LogP contribution in [0.1, 0.15) is 25.0 Å². The monoisotopic (exact) mass is 437 g/mol. The van der Waals surface area contributed by atoms with Gasteiger partial charge in [-0.25, -0.2) is 4.98 Å². The van der Waals surface area contributed by atoms with E-state index < -0.39 is 5.91 Å². The van der Waals surface area contributed by atoms with Crippen molar-refractivity contribution in [2.24, 2.45) is 5.73 Å². The standard InChI is InChI=1S/C23H23N3O4S/c1-3-28-16-10-8-14(9-11-16)21-25-22-17(23(26-21)31-13-19(24)27)12-15-6-5-7-18(29-4-2)20(15)30-22/h5-11H,3-4,12-13H2,1-2H3,(H2,24,27). The predicted molar refractivity (Wildman–Crippen MR) is 119 cm³/mol. The smallest absolute Gasteiger partial charge is 0.227 e. The second kappa shape index (κ2) is 9.26. The van der Waals surface area contributed by atoms with E-state index in [9.17, 15) is 4.79 Å². The van der Waals surface area contributed by atoms with E-state index in [2.05, 4.69) is 4.98 Å². The number of hydrogen-bond donors (Lipinski definition) is 1. The van der Waals surface area contributed by atoms with Gasteiger partial charge in [0.1, 0.15) is 10.8 Å². The van der Waals surface area contributed by atoms with Crippen molar-refractivity contribution in [3.05, 3.63) is 53.6 Å². The van der Waals surface area contributed by atoms with E-state index in [1.165, 1.54) is 11.8 Å². The highest BCUT2D eigenvalue weighted by atomic mass is 32.2. The highest BCUT2D eigenvalue weighted by Crippen LogP contribution is 2.44. The summed E-state index contributed by atoms with van der Waals surface area (Å²) in [7, 11) is 0. The molecule has 4 rings (SSSR count). The van der Waals surface area contributed by atoms with Gasteiger partial charge in [0, 0.05) is 17.5 Å². The highest BCUT2D eigenvalue weighted by Gasteiger charge is 2.26. The lowest BCUT2D eigenvalue weighted by atomic mass is 10.0. The SMILES string of the molecule is CCOc1ccc(-c2nc3c(c(SCC(N)=O)n2)Cc2cccc(OCC)c2O3)cc1. The molecule has 8 heteroatoms. The molecule has 1 aliphatic rings. The molecule has 31 heavy (non-hydrogen) atoms. The number of fused-ring (bicyclic) bond motifs is 2. The van der Waals surface area contributed by atoms with Crippen molar-refractivity contribution in [2.75, 3.05) is 19.0 Å². The van der Waals surface area contributed by atoms with Gasteiger partial charge in [-0.15, -0.1) is 0 Å². The van der Waals surface area contributed by atoms with Crippen LogP contribution in [-0.2, 0) is 11.2 Å². The summed E-state index contributed by atoms with van der Waals surface area (Å²) in [6.45, 7) is 5.00. The molecule has 0 atom stereocenters. The van der Waals surface area contributed by atoms with Gasteiger partial charge in [0.05, 0.1) is 24.5 Å². The lowest BCUT2D eigenvalue weighted by Crippen LogP contribution is -2.15. The summed E-state index contributed by atoms with van der Waals surface area (Å²) in [5.41, 5.74) is 8.01. The number of nitrogens with two attached hydrogens (primary N) is 1. The Balaban J connectivity index is 1.76. The fraction of sp³-hybridized carbons (Fsp3) is 0.261. The number of rotatable bonds is 8. The van der Waals surface area contributed by atoms with Crippen LogP contribution in [0.5, 0.6) is 23.1 Å². The Morgan fingerprint density at radius 1 is 1.10 bits per heavy atom. The summed E-state index contributed by atoms with van der Waals surface area (Å²) in [5.74, 6) is 2.81. The molecule has 2 heterocycles. The first-order chi connectivity index (χ1) is 15.1. The molecule has 3 aromatic rings. The zero-order valence-corrected chi connectivity index (χ0v) is 18.2. The Morgan fingerprint density at radius 3 is 2.58 bits per heavy atom. The molecular weight excluding hydrogens is 414 g/mol. The normalized spacial score (nSPS) is 11.8. The van der Waals surface area contributed by atoms with Gasteiger partial charge >= 0.3 is 0 Å². The Hall–Kier alpha value is -3.26. The minimum atomic E-state index is -0.407. The number of primary amides is 1. The van der Waals surface area contributed by atoms with E-state index in [0.717, 1.165) is 22.4 Å². The summed E-state index contributed by atoms with van der Waals surface area (Å²) in [6, 6.07) is 13.4. The Bertz CT molecular complexity index is 1100. The lowest BCUT2D eigenvalue weighted by molar-refractivity contribution is -0.115. The van der Waals surface area contributed by atoms with Crippen LogP contribution in [0.2, 0.25) is 0 Å². The zero-order valence-electron chi connectivity index (χ0n) is 17.4. The maximum atomic E-state index is 11.4. The van der Waals surface area contributed by atoms with Crippen molar-refractivity contribution in [1.29, 1.82) is 0 Å². The molecule has 1 amide bonds. The number of nitrogens with zero attached hydrogens (tertiary/aromatic N) is 2. The van der Waals surface area contributed by atoms with Crippen molar-refractivity contribution in [2.45, 2.75) is 25.3 Å². The number of para-hydroxylation sites is 1. The molecule has 0 bridgehead atoms. The first-order valence-corrected chi connectivity index (χ1v) is 11.0. The molecule has 0 unspecified atom stereocenters. The molecular formula is C23H23N3O4S. The van der Waals surface area contributed by atoms with Crippen molar-refractivity contribution < 1.29 is 19.0 Å². The largest absolute Gasteiger partial charge is 0.494 e. The number of hydrogen-bond acceptors (Lipinski definition) is 7. The molecule has 1 aliphatic heterocycles. The fourth-order valence-electron chi connectivity index (χ4n) is 3.31. The lowest BCUT2D eigenvalue weighted by Gasteiger charge is -2.23.